The average molecular weight is 326 g/mol. The lowest BCUT2D eigenvalue weighted by Crippen LogP contribution is -2.27. The van der Waals surface area contributed by atoms with E-state index >= 15 is 0 Å². The van der Waals surface area contributed by atoms with Gasteiger partial charge in [0.1, 0.15) is 5.00 Å². The second kappa shape index (κ2) is 8.53. The van der Waals surface area contributed by atoms with E-state index in [2.05, 4.69) is 10.6 Å². The summed E-state index contributed by atoms with van der Waals surface area (Å²) in [6, 6.07) is 1.70. The van der Waals surface area contributed by atoms with Gasteiger partial charge in [0.05, 0.1) is 12.0 Å². The minimum atomic E-state index is -0.968. The van der Waals surface area contributed by atoms with Crippen LogP contribution in [0.3, 0.4) is 0 Å². The number of amides is 2. The zero-order valence-corrected chi connectivity index (χ0v) is 13.9. The molecule has 2 amide bonds. The van der Waals surface area contributed by atoms with Crippen molar-refractivity contribution in [1.82, 2.24) is 5.32 Å². The molecule has 0 unspecified atom stereocenters. The Morgan fingerprint density at radius 3 is 2.45 bits per heavy atom. The number of carboxylic acid groups (broad SMARTS) is 1. The Bertz CT molecular complexity index is 550. The van der Waals surface area contributed by atoms with E-state index in [9.17, 15) is 14.4 Å². The van der Waals surface area contributed by atoms with Gasteiger partial charge in [-0.25, -0.2) is 0 Å². The number of carboxylic acids is 1. The Labute approximate surface area is 133 Å². The topological polar surface area (TPSA) is 95.5 Å². The number of carbonyl (C=O) groups excluding carboxylic acids is 2. The van der Waals surface area contributed by atoms with Gasteiger partial charge in [-0.2, -0.15) is 0 Å². The van der Waals surface area contributed by atoms with E-state index in [0.29, 0.717) is 10.6 Å². The summed E-state index contributed by atoms with van der Waals surface area (Å²) in [4.78, 5) is 35.6. The lowest BCUT2D eigenvalue weighted by Gasteiger charge is -2.12. The van der Waals surface area contributed by atoms with Crippen LogP contribution in [0.25, 0.3) is 0 Å². The van der Waals surface area contributed by atoms with Gasteiger partial charge < -0.3 is 15.7 Å². The predicted molar refractivity (Wildman–Crippen MR) is 86.3 cm³/mol. The lowest BCUT2D eigenvalue weighted by molar-refractivity contribution is -0.136. The van der Waals surface area contributed by atoms with Gasteiger partial charge in [0.15, 0.2) is 0 Å². The summed E-state index contributed by atoms with van der Waals surface area (Å²) >= 11 is 1.34. The highest BCUT2D eigenvalue weighted by atomic mass is 32.1. The van der Waals surface area contributed by atoms with Crippen LogP contribution >= 0.6 is 11.3 Å². The SMILES string of the molecule is CCC(CC)C(=O)Nc1sc(C)cc1C(=O)NCCC(=O)O. The Morgan fingerprint density at radius 1 is 1.27 bits per heavy atom. The highest BCUT2D eigenvalue weighted by Crippen LogP contribution is 2.28. The van der Waals surface area contributed by atoms with Gasteiger partial charge in [0, 0.05) is 17.3 Å². The van der Waals surface area contributed by atoms with E-state index in [4.69, 9.17) is 5.11 Å². The fraction of sp³-hybridized carbons (Fsp3) is 0.533. The third kappa shape index (κ3) is 5.14. The molecule has 1 aromatic rings. The van der Waals surface area contributed by atoms with E-state index in [1.165, 1.54) is 11.3 Å². The Morgan fingerprint density at radius 2 is 1.91 bits per heavy atom. The summed E-state index contributed by atoms with van der Waals surface area (Å²) < 4.78 is 0. The van der Waals surface area contributed by atoms with Gasteiger partial charge in [-0.3, -0.25) is 14.4 Å². The van der Waals surface area contributed by atoms with Crippen LogP contribution in [-0.2, 0) is 9.59 Å². The molecule has 0 fully saturated rings. The molecule has 0 aliphatic carbocycles. The number of hydrogen-bond acceptors (Lipinski definition) is 4. The quantitative estimate of drug-likeness (QED) is 0.684. The van der Waals surface area contributed by atoms with Crippen molar-refractivity contribution in [3.05, 3.63) is 16.5 Å². The van der Waals surface area contributed by atoms with Gasteiger partial charge in [-0.1, -0.05) is 13.8 Å². The smallest absolute Gasteiger partial charge is 0.305 e. The number of anilines is 1. The van der Waals surface area contributed by atoms with E-state index in [1.807, 2.05) is 20.8 Å². The van der Waals surface area contributed by atoms with Gasteiger partial charge in [-0.05, 0) is 25.8 Å². The van der Waals surface area contributed by atoms with Crippen LogP contribution < -0.4 is 10.6 Å². The number of carbonyl (C=O) groups is 3. The van der Waals surface area contributed by atoms with Crippen LogP contribution in [0.1, 0.15) is 48.3 Å². The molecule has 22 heavy (non-hydrogen) atoms. The van der Waals surface area contributed by atoms with Gasteiger partial charge >= 0.3 is 5.97 Å². The molecule has 1 aromatic heterocycles. The van der Waals surface area contributed by atoms with Crippen LogP contribution in [0, 0.1) is 12.8 Å². The van der Waals surface area contributed by atoms with Crippen LogP contribution in [-0.4, -0.2) is 29.4 Å². The number of thiophene rings is 1. The molecular weight excluding hydrogens is 304 g/mol. The summed E-state index contributed by atoms with van der Waals surface area (Å²) in [5.41, 5.74) is 0.382. The lowest BCUT2D eigenvalue weighted by atomic mass is 10.0. The van der Waals surface area contributed by atoms with Gasteiger partial charge in [0.2, 0.25) is 5.91 Å². The zero-order chi connectivity index (χ0) is 16.7. The van der Waals surface area contributed by atoms with E-state index < -0.39 is 5.97 Å². The molecule has 0 saturated carbocycles. The maximum atomic E-state index is 12.1. The van der Waals surface area contributed by atoms with Crippen molar-refractivity contribution in [3.8, 4) is 0 Å². The predicted octanol–water partition coefficient (Wildman–Crippen LogP) is 2.64. The van der Waals surface area contributed by atoms with Crippen LogP contribution in [0.2, 0.25) is 0 Å². The molecule has 0 aliphatic heterocycles. The molecule has 6 nitrogen and oxygen atoms in total. The molecular formula is C15H22N2O4S. The van der Waals surface area contributed by atoms with Crippen LogP contribution in [0.15, 0.2) is 6.07 Å². The first-order chi connectivity index (χ1) is 10.4. The Hall–Kier alpha value is -1.89. The fourth-order valence-corrected chi connectivity index (χ4v) is 2.94. The minimum Gasteiger partial charge on any atom is -0.481 e. The maximum Gasteiger partial charge on any atom is 0.305 e. The zero-order valence-electron chi connectivity index (χ0n) is 13.1. The maximum absolute atomic E-state index is 12.1. The highest BCUT2D eigenvalue weighted by Gasteiger charge is 2.20. The molecule has 0 atom stereocenters. The largest absolute Gasteiger partial charge is 0.481 e. The normalized spacial score (nSPS) is 10.5. The number of aliphatic carboxylic acids is 1. The van der Waals surface area contributed by atoms with Crippen molar-refractivity contribution in [1.29, 1.82) is 0 Å². The molecule has 0 aromatic carbocycles. The van der Waals surface area contributed by atoms with Crippen molar-refractivity contribution in [3.63, 3.8) is 0 Å². The first-order valence-corrected chi connectivity index (χ1v) is 8.11. The molecule has 0 bridgehead atoms. The van der Waals surface area contributed by atoms with Crippen molar-refractivity contribution in [2.45, 2.75) is 40.0 Å². The average Bonchev–Trinajstić information content (AvgIpc) is 2.80. The molecule has 0 saturated heterocycles. The van der Waals surface area contributed by atoms with Gasteiger partial charge in [0.25, 0.3) is 5.91 Å². The highest BCUT2D eigenvalue weighted by molar-refractivity contribution is 7.16. The number of hydrogen-bond donors (Lipinski definition) is 3. The Balaban J connectivity index is 2.78. The summed E-state index contributed by atoms with van der Waals surface area (Å²) in [6.45, 7) is 5.81. The molecule has 1 rings (SSSR count). The third-order valence-corrected chi connectivity index (χ3v) is 4.28. The molecule has 3 N–H and O–H groups in total. The summed E-state index contributed by atoms with van der Waals surface area (Å²) in [5.74, 6) is -1.51. The van der Waals surface area contributed by atoms with Crippen molar-refractivity contribution >= 4 is 34.1 Å². The minimum absolute atomic E-state index is 0.0585. The molecule has 122 valence electrons. The summed E-state index contributed by atoms with van der Waals surface area (Å²) in [5, 5.41) is 14.5. The van der Waals surface area contributed by atoms with Crippen molar-refractivity contribution in [2.24, 2.45) is 5.92 Å². The monoisotopic (exact) mass is 326 g/mol. The van der Waals surface area contributed by atoms with Crippen LogP contribution in [0.5, 0.6) is 0 Å². The Kier molecular flexibility index (Phi) is 7.04. The summed E-state index contributed by atoms with van der Waals surface area (Å²) in [6.07, 6.45) is 1.35. The second-order valence-corrected chi connectivity index (χ2v) is 6.26. The van der Waals surface area contributed by atoms with E-state index in [0.717, 1.165) is 17.7 Å². The van der Waals surface area contributed by atoms with Gasteiger partial charge in [-0.15, -0.1) is 11.3 Å². The van der Waals surface area contributed by atoms with Crippen molar-refractivity contribution < 1.29 is 19.5 Å². The first kappa shape index (κ1) is 18.2. The van der Waals surface area contributed by atoms with E-state index in [1.54, 1.807) is 6.07 Å². The second-order valence-electron chi connectivity index (χ2n) is 5.00. The number of aryl methyl sites for hydroxylation is 1. The molecule has 0 spiro atoms. The number of rotatable bonds is 8. The third-order valence-electron chi connectivity index (χ3n) is 3.32. The fourth-order valence-electron chi connectivity index (χ4n) is 2.03. The first-order valence-electron chi connectivity index (χ1n) is 7.30. The molecule has 0 aliphatic rings. The number of nitrogens with one attached hydrogen (secondary N) is 2. The van der Waals surface area contributed by atoms with Crippen LogP contribution in [0.4, 0.5) is 5.00 Å². The molecule has 7 heteroatoms. The molecule has 1 heterocycles. The summed E-state index contributed by atoms with van der Waals surface area (Å²) in [7, 11) is 0. The molecule has 0 radical (unpaired) electrons. The standard InChI is InChI=1S/C15H22N2O4S/c1-4-10(5-2)13(20)17-15-11(8-9(3)22-15)14(21)16-7-6-12(18)19/h8,10H,4-7H2,1-3H3,(H,16,21)(H,17,20)(H,18,19). The van der Waals surface area contributed by atoms with Crippen molar-refractivity contribution in [2.75, 3.05) is 11.9 Å². The van der Waals surface area contributed by atoms with E-state index in [-0.39, 0.29) is 30.7 Å².